The number of thiazole rings is 1. The van der Waals surface area contributed by atoms with Crippen molar-refractivity contribution >= 4 is 37.3 Å². The molecular weight excluding hydrogens is 336 g/mol. The molecule has 0 aliphatic rings. The van der Waals surface area contributed by atoms with Crippen molar-refractivity contribution in [3.05, 3.63) is 45.3 Å². The molecule has 7 heteroatoms. The van der Waals surface area contributed by atoms with Crippen LogP contribution in [0.25, 0.3) is 0 Å². The number of aromatic nitrogens is 1. The molecule has 0 atom stereocenters. The van der Waals surface area contributed by atoms with Crippen LogP contribution >= 0.6 is 27.3 Å². The Balaban J connectivity index is 1.97. The Labute approximate surface area is 118 Å². The lowest BCUT2D eigenvalue weighted by Gasteiger charge is -2.05. The van der Waals surface area contributed by atoms with E-state index in [-0.39, 0.29) is 4.90 Å². The predicted octanol–water partition coefficient (Wildman–Crippen LogP) is 2.43. The van der Waals surface area contributed by atoms with E-state index in [0.717, 1.165) is 10.2 Å². The van der Waals surface area contributed by atoms with E-state index in [0.29, 0.717) is 13.0 Å². The van der Waals surface area contributed by atoms with Crippen molar-refractivity contribution in [3.63, 3.8) is 0 Å². The fraction of sp³-hybridized carbons (Fsp3) is 0.182. The van der Waals surface area contributed by atoms with Gasteiger partial charge >= 0.3 is 0 Å². The highest BCUT2D eigenvalue weighted by molar-refractivity contribution is 9.10. The van der Waals surface area contributed by atoms with Crippen molar-refractivity contribution in [1.82, 2.24) is 9.71 Å². The van der Waals surface area contributed by atoms with Crippen molar-refractivity contribution in [2.75, 3.05) is 6.54 Å². The Morgan fingerprint density at radius 3 is 2.61 bits per heavy atom. The monoisotopic (exact) mass is 346 g/mol. The summed E-state index contributed by atoms with van der Waals surface area (Å²) in [5.74, 6) is 0. The van der Waals surface area contributed by atoms with Gasteiger partial charge in [-0.15, -0.1) is 11.3 Å². The van der Waals surface area contributed by atoms with Gasteiger partial charge in [0, 0.05) is 22.8 Å². The molecule has 0 fully saturated rings. The topological polar surface area (TPSA) is 59.1 Å². The second-order valence-corrected chi connectivity index (χ2v) is 6.98. The number of hydrogen-bond donors (Lipinski definition) is 1. The van der Waals surface area contributed by atoms with E-state index in [2.05, 4.69) is 25.6 Å². The third kappa shape index (κ3) is 3.61. The van der Waals surface area contributed by atoms with Crippen LogP contribution in [0, 0.1) is 0 Å². The van der Waals surface area contributed by atoms with E-state index in [1.54, 1.807) is 29.8 Å². The van der Waals surface area contributed by atoms with E-state index in [1.165, 1.54) is 11.3 Å². The van der Waals surface area contributed by atoms with Gasteiger partial charge in [-0.2, -0.15) is 0 Å². The summed E-state index contributed by atoms with van der Waals surface area (Å²) in [6.07, 6.45) is 0.596. The van der Waals surface area contributed by atoms with Crippen LogP contribution in [-0.2, 0) is 16.4 Å². The normalized spacial score (nSPS) is 11.6. The molecule has 0 aliphatic heterocycles. The van der Waals surface area contributed by atoms with E-state index >= 15 is 0 Å². The largest absolute Gasteiger partial charge is 0.250 e. The van der Waals surface area contributed by atoms with Gasteiger partial charge in [0.25, 0.3) is 0 Å². The Kier molecular flexibility index (Phi) is 4.50. The molecule has 0 radical (unpaired) electrons. The van der Waals surface area contributed by atoms with Crippen molar-refractivity contribution < 1.29 is 8.42 Å². The first-order chi connectivity index (χ1) is 8.58. The highest BCUT2D eigenvalue weighted by Crippen LogP contribution is 2.14. The molecule has 0 bridgehead atoms. The van der Waals surface area contributed by atoms with Crippen LogP contribution in [0.2, 0.25) is 0 Å². The van der Waals surface area contributed by atoms with Crippen LogP contribution in [0.15, 0.2) is 44.5 Å². The first-order valence-electron chi connectivity index (χ1n) is 5.20. The van der Waals surface area contributed by atoms with Gasteiger partial charge in [0.2, 0.25) is 10.0 Å². The highest BCUT2D eigenvalue weighted by atomic mass is 79.9. The number of benzene rings is 1. The number of rotatable bonds is 5. The molecule has 18 heavy (non-hydrogen) atoms. The summed E-state index contributed by atoms with van der Waals surface area (Å²) in [7, 11) is -3.43. The molecule has 1 aromatic heterocycles. The molecule has 2 aromatic rings. The van der Waals surface area contributed by atoms with Gasteiger partial charge in [0.05, 0.1) is 16.1 Å². The van der Waals surface area contributed by atoms with Crippen LogP contribution in [0.5, 0.6) is 0 Å². The van der Waals surface area contributed by atoms with Crippen LogP contribution in [0.3, 0.4) is 0 Å². The smallest absolute Gasteiger partial charge is 0.240 e. The molecule has 1 N–H and O–H groups in total. The minimum atomic E-state index is -3.43. The molecular formula is C11H11BrN2O2S2. The fourth-order valence-electron chi connectivity index (χ4n) is 1.37. The van der Waals surface area contributed by atoms with Gasteiger partial charge in [-0.25, -0.2) is 18.1 Å². The van der Waals surface area contributed by atoms with Gasteiger partial charge in [-0.05, 0) is 24.3 Å². The molecule has 96 valence electrons. The lowest BCUT2D eigenvalue weighted by Crippen LogP contribution is -2.26. The molecule has 0 amide bonds. The third-order valence-electron chi connectivity index (χ3n) is 2.28. The molecule has 0 saturated heterocycles. The molecule has 0 unspecified atom stereocenters. The van der Waals surface area contributed by atoms with E-state index in [4.69, 9.17) is 0 Å². The Bertz CT molecular complexity index is 594. The maximum absolute atomic E-state index is 11.9. The minimum absolute atomic E-state index is 0.268. The van der Waals surface area contributed by atoms with Gasteiger partial charge < -0.3 is 0 Å². The van der Waals surface area contributed by atoms with Crippen molar-refractivity contribution in [2.45, 2.75) is 11.3 Å². The van der Waals surface area contributed by atoms with Crippen molar-refractivity contribution in [2.24, 2.45) is 0 Å². The zero-order valence-corrected chi connectivity index (χ0v) is 12.6. The molecule has 4 nitrogen and oxygen atoms in total. The fourth-order valence-corrected chi connectivity index (χ4v) is 3.26. The van der Waals surface area contributed by atoms with Crippen LogP contribution in [0.1, 0.15) is 5.69 Å². The number of nitrogens with one attached hydrogen (secondary N) is 1. The Hall–Kier alpha value is -0.760. The maximum Gasteiger partial charge on any atom is 0.240 e. The Morgan fingerprint density at radius 2 is 2.00 bits per heavy atom. The first kappa shape index (κ1) is 13.7. The van der Waals surface area contributed by atoms with Gasteiger partial charge in [-0.1, -0.05) is 15.9 Å². The summed E-state index contributed by atoms with van der Waals surface area (Å²) in [6.45, 7) is 0.349. The van der Waals surface area contributed by atoms with Crippen LogP contribution < -0.4 is 4.72 Å². The van der Waals surface area contributed by atoms with E-state index in [9.17, 15) is 8.42 Å². The van der Waals surface area contributed by atoms with Crippen molar-refractivity contribution in [3.8, 4) is 0 Å². The number of hydrogen-bond acceptors (Lipinski definition) is 4. The van der Waals surface area contributed by atoms with Gasteiger partial charge in [-0.3, -0.25) is 0 Å². The Morgan fingerprint density at radius 1 is 1.28 bits per heavy atom. The number of nitrogens with zero attached hydrogens (tertiary/aromatic N) is 1. The standard InChI is InChI=1S/C11H11BrN2O2S2/c12-9-1-3-11(4-2-9)18(15,16)14-6-5-10-7-17-8-13-10/h1-4,7-8,14H,5-6H2. The van der Waals surface area contributed by atoms with Gasteiger partial charge in [0.15, 0.2) is 0 Å². The lowest BCUT2D eigenvalue weighted by molar-refractivity contribution is 0.581. The molecule has 0 saturated carbocycles. The quantitative estimate of drug-likeness (QED) is 0.904. The number of sulfonamides is 1. The third-order valence-corrected chi connectivity index (χ3v) is 4.92. The van der Waals surface area contributed by atoms with E-state index < -0.39 is 10.0 Å². The molecule has 0 aliphatic carbocycles. The number of halogens is 1. The average Bonchev–Trinajstić information content (AvgIpc) is 2.82. The lowest BCUT2D eigenvalue weighted by atomic mass is 10.3. The van der Waals surface area contributed by atoms with Crippen molar-refractivity contribution in [1.29, 1.82) is 0 Å². The maximum atomic E-state index is 11.9. The van der Waals surface area contributed by atoms with Crippen LogP contribution in [-0.4, -0.2) is 19.9 Å². The minimum Gasteiger partial charge on any atom is -0.250 e. The molecule has 2 rings (SSSR count). The predicted molar refractivity (Wildman–Crippen MR) is 75.1 cm³/mol. The summed E-state index contributed by atoms with van der Waals surface area (Å²) in [4.78, 5) is 4.37. The first-order valence-corrected chi connectivity index (χ1v) is 8.42. The van der Waals surface area contributed by atoms with Crippen LogP contribution in [0.4, 0.5) is 0 Å². The summed E-state index contributed by atoms with van der Waals surface area (Å²) >= 11 is 4.77. The molecule has 1 heterocycles. The second-order valence-electron chi connectivity index (χ2n) is 3.58. The highest BCUT2D eigenvalue weighted by Gasteiger charge is 2.12. The van der Waals surface area contributed by atoms with E-state index in [1.807, 2.05) is 5.38 Å². The summed E-state index contributed by atoms with van der Waals surface area (Å²) in [5, 5.41) is 1.91. The molecule has 1 aromatic carbocycles. The zero-order valence-electron chi connectivity index (χ0n) is 9.34. The summed E-state index contributed by atoms with van der Waals surface area (Å²) < 4.78 is 27.3. The van der Waals surface area contributed by atoms with Gasteiger partial charge in [0.1, 0.15) is 0 Å². The average molecular weight is 347 g/mol. The summed E-state index contributed by atoms with van der Waals surface area (Å²) in [5.41, 5.74) is 2.64. The summed E-state index contributed by atoms with van der Waals surface area (Å²) in [6, 6.07) is 6.54. The second kappa shape index (κ2) is 5.92. The SMILES string of the molecule is O=S(=O)(NCCc1cscn1)c1ccc(Br)cc1. The molecule has 0 spiro atoms. The zero-order chi connectivity index (χ0) is 13.0.